The van der Waals surface area contributed by atoms with E-state index in [1.165, 1.54) is 13.2 Å². The Labute approximate surface area is 124 Å². The van der Waals surface area contributed by atoms with Crippen molar-refractivity contribution < 1.29 is 9.53 Å². The molecule has 21 heavy (non-hydrogen) atoms. The third-order valence-corrected chi connectivity index (χ3v) is 3.28. The molecule has 0 unspecified atom stereocenters. The summed E-state index contributed by atoms with van der Waals surface area (Å²) in [5, 5.41) is 0.841. The van der Waals surface area contributed by atoms with Gasteiger partial charge in [-0.3, -0.25) is 4.79 Å². The SMILES string of the molecule is COC(=O)c1ccc2nc(=O)c3ccc(Cl)cc3nc2c1. The minimum Gasteiger partial charge on any atom is -0.465 e. The molecule has 1 aromatic heterocycles. The lowest BCUT2D eigenvalue weighted by atomic mass is 10.2. The van der Waals surface area contributed by atoms with Gasteiger partial charge in [-0.15, -0.1) is 0 Å². The number of carbonyl (C=O) groups excluding carboxylic acids is 1. The third kappa shape index (κ3) is 2.43. The molecule has 0 aliphatic carbocycles. The first-order chi connectivity index (χ1) is 10.1. The number of nitrogens with zero attached hydrogens (tertiary/aromatic N) is 2. The maximum atomic E-state index is 12.1. The van der Waals surface area contributed by atoms with Crippen molar-refractivity contribution in [2.24, 2.45) is 0 Å². The Bertz CT molecular complexity index is 941. The Hall–Kier alpha value is -2.53. The highest BCUT2D eigenvalue weighted by molar-refractivity contribution is 6.31. The second-order valence-electron chi connectivity index (χ2n) is 4.39. The van der Waals surface area contributed by atoms with Crippen molar-refractivity contribution in [2.75, 3.05) is 7.11 Å². The minimum atomic E-state index is -0.477. The standard InChI is InChI=1S/C15H9ClN2O3/c1-21-15(20)8-2-5-11-13(6-8)17-12-7-9(16)3-4-10(12)14(19)18-11/h2-7H,1H3. The van der Waals surface area contributed by atoms with Crippen molar-refractivity contribution in [1.82, 2.24) is 9.97 Å². The molecule has 2 aromatic carbocycles. The molecular formula is C15H9ClN2O3. The molecule has 0 spiro atoms. The van der Waals surface area contributed by atoms with Gasteiger partial charge in [-0.1, -0.05) is 11.6 Å². The van der Waals surface area contributed by atoms with Gasteiger partial charge in [0.15, 0.2) is 0 Å². The summed E-state index contributed by atoms with van der Waals surface area (Å²) >= 11 is 5.93. The van der Waals surface area contributed by atoms with E-state index in [0.717, 1.165) is 0 Å². The molecule has 3 aromatic rings. The first kappa shape index (κ1) is 13.5. The van der Waals surface area contributed by atoms with Gasteiger partial charge in [0.05, 0.1) is 34.6 Å². The summed E-state index contributed by atoms with van der Waals surface area (Å²) in [6.45, 7) is 0. The van der Waals surface area contributed by atoms with Gasteiger partial charge in [-0.25, -0.2) is 14.8 Å². The van der Waals surface area contributed by atoms with Gasteiger partial charge in [0.1, 0.15) is 0 Å². The van der Waals surface area contributed by atoms with Crippen LogP contribution in [0.1, 0.15) is 10.4 Å². The van der Waals surface area contributed by atoms with Crippen LogP contribution in [0.15, 0.2) is 41.2 Å². The fourth-order valence-electron chi connectivity index (χ4n) is 2.03. The highest BCUT2D eigenvalue weighted by Gasteiger charge is 2.08. The van der Waals surface area contributed by atoms with E-state index in [1.54, 1.807) is 30.3 Å². The lowest BCUT2D eigenvalue weighted by Gasteiger charge is -1.98. The fraction of sp³-hybridized carbons (Fsp3) is 0.0667. The molecule has 0 amide bonds. The number of hydrogen-bond donors (Lipinski definition) is 0. The van der Waals surface area contributed by atoms with Crippen LogP contribution in [0.3, 0.4) is 0 Å². The van der Waals surface area contributed by atoms with Crippen LogP contribution in [-0.2, 0) is 4.74 Å². The fourth-order valence-corrected chi connectivity index (χ4v) is 2.20. The maximum absolute atomic E-state index is 12.1. The molecule has 0 aliphatic heterocycles. The van der Waals surface area contributed by atoms with E-state index in [0.29, 0.717) is 32.5 Å². The van der Waals surface area contributed by atoms with E-state index in [4.69, 9.17) is 11.6 Å². The quantitative estimate of drug-likeness (QED) is 0.646. The molecule has 0 fully saturated rings. The number of carbonyl (C=O) groups is 1. The van der Waals surface area contributed by atoms with Gasteiger partial charge >= 0.3 is 5.97 Å². The molecule has 3 rings (SSSR count). The second-order valence-corrected chi connectivity index (χ2v) is 4.82. The van der Waals surface area contributed by atoms with E-state index >= 15 is 0 Å². The Morgan fingerprint density at radius 1 is 1.05 bits per heavy atom. The average Bonchev–Trinajstić information content (AvgIpc) is 2.61. The van der Waals surface area contributed by atoms with Crippen molar-refractivity contribution in [3.05, 3.63) is 57.3 Å². The summed E-state index contributed by atoms with van der Waals surface area (Å²) in [5.74, 6) is -0.477. The van der Waals surface area contributed by atoms with Crippen molar-refractivity contribution in [3.63, 3.8) is 0 Å². The zero-order valence-corrected chi connectivity index (χ0v) is 11.7. The van der Waals surface area contributed by atoms with Crippen LogP contribution in [0.2, 0.25) is 5.02 Å². The topological polar surface area (TPSA) is 69.2 Å². The lowest BCUT2D eigenvalue weighted by Crippen LogP contribution is -2.02. The van der Waals surface area contributed by atoms with Gasteiger partial charge < -0.3 is 4.74 Å². The molecule has 0 saturated heterocycles. The molecule has 1 heterocycles. The highest BCUT2D eigenvalue weighted by atomic mass is 35.5. The number of ether oxygens (including phenoxy) is 1. The molecule has 0 aliphatic rings. The van der Waals surface area contributed by atoms with Crippen LogP contribution in [0.5, 0.6) is 0 Å². The molecule has 6 heteroatoms. The van der Waals surface area contributed by atoms with Gasteiger partial charge in [-0.05, 0) is 36.4 Å². The Morgan fingerprint density at radius 3 is 2.62 bits per heavy atom. The first-order valence-electron chi connectivity index (χ1n) is 6.08. The molecule has 0 atom stereocenters. The van der Waals surface area contributed by atoms with Crippen LogP contribution < -0.4 is 5.56 Å². The van der Waals surface area contributed by atoms with E-state index < -0.39 is 11.5 Å². The van der Waals surface area contributed by atoms with Crippen LogP contribution >= 0.6 is 11.6 Å². The molecule has 5 nitrogen and oxygen atoms in total. The van der Waals surface area contributed by atoms with E-state index in [2.05, 4.69) is 14.7 Å². The lowest BCUT2D eigenvalue weighted by molar-refractivity contribution is 0.0601. The van der Waals surface area contributed by atoms with Gasteiger partial charge in [-0.2, -0.15) is 0 Å². The number of benzene rings is 2. The number of halogens is 1. The van der Waals surface area contributed by atoms with E-state index in [-0.39, 0.29) is 0 Å². The largest absolute Gasteiger partial charge is 0.465 e. The Balaban J connectivity index is 2.42. The third-order valence-electron chi connectivity index (χ3n) is 3.05. The summed E-state index contributed by atoms with van der Waals surface area (Å²) < 4.78 is 4.67. The second kappa shape index (κ2) is 5.10. The molecule has 0 saturated carbocycles. The van der Waals surface area contributed by atoms with Crippen LogP contribution in [-0.4, -0.2) is 23.0 Å². The molecular weight excluding hydrogens is 292 g/mol. The first-order valence-corrected chi connectivity index (χ1v) is 6.46. The molecule has 0 N–H and O–H groups in total. The summed E-state index contributed by atoms with van der Waals surface area (Å²) in [6, 6.07) is 9.42. The number of methoxy groups -OCH3 is 1. The molecule has 0 radical (unpaired) electrons. The summed E-state index contributed by atoms with van der Waals surface area (Å²) in [7, 11) is 1.30. The monoisotopic (exact) mass is 300 g/mol. The molecule has 104 valence electrons. The number of fused-ring (bicyclic) bond motifs is 2. The minimum absolute atomic E-state index is 0.341. The summed E-state index contributed by atoms with van der Waals surface area (Å²) in [6.07, 6.45) is 0. The van der Waals surface area contributed by atoms with Gasteiger partial charge in [0.2, 0.25) is 0 Å². The Kier molecular flexibility index (Phi) is 3.27. The Morgan fingerprint density at radius 2 is 1.86 bits per heavy atom. The van der Waals surface area contributed by atoms with Crippen molar-refractivity contribution in [3.8, 4) is 0 Å². The predicted octanol–water partition coefficient (Wildman–Crippen LogP) is 2.58. The number of aromatic nitrogens is 2. The average molecular weight is 301 g/mol. The van der Waals surface area contributed by atoms with Gasteiger partial charge in [0, 0.05) is 5.02 Å². The maximum Gasteiger partial charge on any atom is 0.337 e. The van der Waals surface area contributed by atoms with E-state index in [1.807, 2.05) is 0 Å². The summed E-state index contributed by atoms with van der Waals surface area (Å²) in [5.41, 5.74) is 1.20. The number of esters is 1. The van der Waals surface area contributed by atoms with Crippen LogP contribution in [0.25, 0.3) is 21.9 Å². The van der Waals surface area contributed by atoms with Crippen molar-refractivity contribution in [1.29, 1.82) is 0 Å². The zero-order valence-electron chi connectivity index (χ0n) is 11.0. The highest BCUT2D eigenvalue weighted by Crippen LogP contribution is 2.17. The van der Waals surface area contributed by atoms with Gasteiger partial charge in [0.25, 0.3) is 5.56 Å². The summed E-state index contributed by atoms with van der Waals surface area (Å²) in [4.78, 5) is 32.1. The van der Waals surface area contributed by atoms with Crippen LogP contribution in [0, 0.1) is 0 Å². The zero-order chi connectivity index (χ0) is 15.0. The molecule has 0 bridgehead atoms. The smallest absolute Gasteiger partial charge is 0.337 e. The predicted molar refractivity (Wildman–Crippen MR) is 79.7 cm³/mol. The van der Waals surface area contributed by atoms with Crippen molar-refractivity contribution in [2.45, 2.75) is 0 Å². The number of rotatable bonds is 1. The van der Waals surface area contributed by atoms with Crippen LogP contribution in [0.4, 0.5) is 0 Å². The van der Waals surface area contributed by atoms with E-state index in [9.17, 15) is 9.59 Å². The normalized spacial score (nSPS) is 10.8. The van der Waals surface area contributed by atoms with Crippen molar-refractivity contribution >= 4 is 39.5 Å². The number of hydrogen-bond acceptors (Lipinski definition) is 5.